The van der Waals surface area contributed by atoms with E-state index in [0.29, 0.717) is 6.20 Å². The van der Waals surface area contributed by atoms with Gasteiger partial charge in [-0.15, -0.1) is 0 Å². The van der Waals surface area contributed by atoms with Crippen molar-refractivity contribution in [3.8, 4) is 0 Å². The fraction of sp³-hybridized carbons (Fsp3) is 0.200. The lowest BCUT2D eigenvalue weighted by Gasteiger charge is -2.23. The second-order valence-electron chi connectivity index (χ2n) is 2.08. The van der Waals surface area contributed by atoms with Gasteiger partial charge in [0, 0.05) is 4.48 Å². The van der Waals surface area contributed by atoms with Gasteiger partial charge in [0.15, 0.2) is 12.7 Å². The highest BCUT2D eigenvalue weighted by molar-refractivity contribution is 7.79. The first kappa shape index (κ1) is 8.38. The van der Waals surface area contributed by atoms with Crippen LogP contribution < -0.4 is 0 Å². The van der Waals surface area contributed by atoms with Crippen molar-refractivity contribution in [2.45, 2.75) is 0 Å². The molecule has 1 unspecified atom stereocenters. The van der Waals surface area contributed by atoms with Crippen LogP contribution in [-0.4, -0.2) is 23.6 Å². The highest BCUT2D eigenvalue weighted by atomic mass is 32.2. The van der Waals surface area contributed by atoms with Crippen LogP contribution in [0.5, 0.6) is 0 Å². The molecule has 0 radical (unpaired) electrons. The second-order valence-corrected chi connectivity index (χ2v) is 3.55. The fourth-order valence-electron chi connectivity index (χ4n) is 0.688. The number of rotatable bonds is 1. The molecular weight excluding hydrogens is 173 g/mol. The molecular formula is C5H6FNO3S. The Morgan fingerprint density at radius 1 is 1.45 bits per heavy atom. The van der Waals surface area contributed by atoms with Crippen molar-refractivity contribution in [3.05, 3.63) is 24.4 Å². The maximum atomic E-state index is 13.0. The Morgan fingerprint density at radius 2 is 2.09 bits per heavy atom. The maximum absolute atomic E-state index is 13.0. The van der Waals surface area contributed by atoms with Crippen LogP contribution in [0.3, 0.4) is 0 Å². The molecule has 0 aromatic heterocycles. The highest BCUT2D eigenvalue weighted by Gasteiger charge is 2.34. The van der Waals surface area contributed by atoms with Crippen molar-refractivity contribution < 1.29 is 21.6 Å². The lowest BCUT2D eigenvalue weighted by molar-refractivity contribution is -0.903. The van der Waals surface area contributed by atoms with Crippen molar-refractivity contribution >= 4 is 10.3 Å². The van der Waals surface area contributed by atoms with E-state index in [1.165, 1.54) is 18.2 Å². The van der Waals surface area contributed by atoms with Crippen molar-refractivity contribution in [1.82, 2.24) is 0 Å². The third-order valence-electron chi connectivity index (χ3n) is 1.28. The molecule has 0 fully saturated rings. The zero-order valence-corrected chi connectivity index (χ0v) is 6.29. The standard InChI is InChI=1S/C5H6FNO3S/c6-7(11(8,9)10)4-2-1-3-5-7/h1-4H,5H2. The predicted octanol–water partition coefficient (Wildman–Crippen LogP) is 0.231. The molecule has 0 N–H and O–H groups in total. The number of nitrogens with zero attached hydrogens (tertiary/aromatic N) is 1. The average Bonchev–Trinajstić information content (AvgIpc) is 1.87. The summed E-state index contributed by atoms with van der Waals surface area (Å²) < 4.78 is 41.7. The first-order chi connectivity index (χ1) is 4.96. The number of quaternary nitrogens is 1. The smallest absolute Gasteiger partial charge is 0.295 e. The minimum absolute atomic E-state index is 0.456. The monoisotopic (exact) mass is 179 g/mol. The average molecular weight is 179 g/mol. The maximum Gasteiger partial charge on any atom is 0.295 e. The van der Waals surface area contributed by atoms with Crippen LogP contribution in [0, 0.1) is 0 Å². The Bertz CT molecular complexity index is 308. The molecule has 0 aromatic rings. The van der Waals surface area contributed by atoms with E-state index in [2.05, 4.69) is 0 Å². The molecule has 1 rings (SSSR count). The molecule has 0 aliphatic carbocycles. The third kappa shape index (κ3) is 1.47. The van der Waals surface area contributed by atoms with Gasteiger partial charge in [-0.3, -0.25) is 0 Å². The minimum atomic E-state index is -4.94. The number of hydrogen-bond donors (Lipinski definition) is 0. The van der Waals surface area contributed by atoms with Crippen LogP contribution in [0.25, 0.3) is 0 Å². The van der Waals surface area contributed by atoms with Gasteiger partial charge in [-0.25, -0.2) is 0 Å². The van der Waals surface area contributed by atoms with Gasteiger partial charge >= 0.3 is 0 Å². The summed E-state index contributed by atoms with van der Waals surface area (Å²) in [6.07, 6.45) is 4.62. The first-order valence-corrected chi connectivity index (χ1v) is 4.20. The topological polar surface area (TPSA) is 57.2 Å². The minimum Gasteiger partial charge on any atom is -0.699 e. The number of hydrogen-bond acceptors (Lipinski definition) is 3. The largest absolute Gasteiger partial charge is 0.699 e. The van der Waals surface area contributed by atoms with E-state index in [1.54, 1.807) is 0 Å². The Kier molecular flexibility index (Phi) is 1.83. The summed E-state index contributed by atoms with van der Waals surface area (Å²) in [4.78, 5) is 0. The predicted molar refractivity (Wildman–Crippen MR) is 34.2 cm³/mol. The lowest BCUT2D eigenvalue weighted by Crippen LogP contribution is -2.40. The highest BCUT2D eigenvalue weighted by Crippen LogP contribution is 2.18. The van der Waals surface area contributed by atoms with E-state index in [0.717, 1.165) is 0 Å². The summed E-state index contributed by atoms with van der Waals surface area (Å²) in [5.74, 6) is 0. The molecule has 0 spiro atoms. The summed E-state index contributed by atoms with van der Waals surface area (Å²) >= 11 is 0. The van der Waals surface area contributed by atoms with Gasteiger partial charge in [0.2, 0.25) is 0 Å². The SMILES string of the molecule is O=S(=O)([O-])[N+]1(F)C=CC=CC1. The Labute approximate surface area is 63.6 Å². The molecule has 11 heavy (non-hydrogen) atoms. The van der Waals surface area contributed by atoms with Gasteiger partial charge in [-0.05, 0) is 16.3 Å². The number of halogens is 1. The van der Waals surface area contributed by atoms with Gasteiger partial charge in [0.05, 0.1) is 0 Å². The van der Waals surface area contributed by atoms with Crippen LogP contribution in [-0.2, 0) is 10.3 Å². The van der Waals surface area contributed by atoms with Crippen molar-refractivity contribution in [2.75, 3.05) is 6.54 Å². The Hall–Kier alpha value is -0.720. The molecule has 1 aliphatic heterocycles. The molecule has 1 aliphatic rings. The molecule has 6 heteroatoms. The normalized spacial score (nSPS) is 30.7. The van der Waals surface area contributed by atoms with Gasteiger partial charge < -0.3 is 4.55 Å². The molecule has 0 amide bonds. The zero-order chi connectivity index (χ0) is 8.54. The van der Waals surface area contributed by atoms with Crippen LogP contribution in [0.1, 0.15) is 0 Å². The van der Waals surface area contributed by atoms with E-state index >= 15 is 0 Å². The summed E-state index contributed by atoms with van der Waals surface area (Å²) in [7, 11) is -4.94. The lowest BCUT2D eigenvalue weighted by atomic mass is 10.4. The van der Waals surface area contributed by atoms with E-state index in [9.17, 15) is 17.5 Å². The van der Waals surface area contributed by atoms with Crippen molar-refractivity contribution in [2.24, 2.45) is 0 Å². The molecule has 1 atom stereocenters. The summed E-state index contributed by atoms with van der Waals surface area (Å²) in [5, 5.41) is 0. The molecule has 62 valence electrons. The Balaban J connectivity index is 3.04. The summed E-state index contributed by atoms with van der Waals surface area (Å²) in [6.45, 7) is -0.456. The van der Waals surface area contributed by atoms with Crippen molar-refractivity contribution in [3.63, 3.8) is 0 Å². The van der Waals surface area contributed by atoms with Gasteiger partial charge in [-0.2, -0.15) is 8.42 Å². The second kappa shape index (κ2) is 2.40. The summed E-state index contributed by atoms with van der Waals surface area (Å²) in [6, 6.07) is 0. The molecule has 0 saturated heterocycles. The number of allylic oxidation sites excluding steroid dienone is 2. The molecule has 0 aromatic carbocycles. The first-order valence-electron chi connectivity index (χ1n) is 2.83. The quantitative estimate of drug-likeness (QED) is 0.427. The van der Waals surface area contributed by atoms with Crippen LogP contribution in [0.15, 0.2) is 24.4 Å². The van der Waals surface area contributed by atoms with E-state index in [4.69, 9.17) is 0 Å². The molecule has 0 bridgehead atoms. The van der Waals surface area contributed by atoms with Gasteiger partial charge in [0.25, 0.3) is 10.3 Å². The molecule has 1 heterocycles. The Morgan fingerprint density at radius 3 is 2.36 bits per heavy atom. The van der Waals surface area contributed by atoms with E-state index in [-0.39, 0.29) is 0 Å². The molecule has 4 nitrogen and oxygen atoms in total. The molecule has 0 saturated carbocycles. The third-order valence-corrected chi connectivity index (χ3v) is 2.30. The van der Waals surface area contributed by atoms with Gasteiger partial charge in [0.1, 0.15) is 0 Å². The van der Waals surface area contributed by atoms with E-state index < -0.39 is 21.0 Å². The van der Waals surface area contributed by atoms with Crippen LogP contribution in [0.2, 0.25) is 0 Å². The van der Waals surface area contributed by atoms with Crippen LogP contribution >= 0.6 is 0 Å². The van der Waals surface area contributed by atoms with Crippen molar-refractivity contribution in [1.29, 1.82) is 0 Å². The zero-order valence-electron chi connectivity index (χ0n) is 5.47. The van der Waals surface area contributed by atoms with Crippen LogP contribution in [0.4, 0.5) is 4.48 Å². The summed E-state index contributed by atoms with van der Waals surface area (Å²) in [5.41, 5.74) is 0. The van der Waals surface area contributed by atoms with E-state index in [1.807, 2.05) is 0 Å². The fourth-order valence-corrected chi connectivity index (χ4v) is 1.18. The van der Waals surface area contributed by atoms with Gasteiger partial charge in [-0.1, -0.05) is 6.08 Å².